The lowest BCUT2D eigenvalue weighted by atomic mass is 10.0. The number of rotatable bonds is 6. The molecule has 0 radical (unpaired) electrons. The predicted octanol–water partition coefficient (Wildman–Crippen LogP) is 3.39. The molecule has 126 valence electrons. The van der Waals surface area contributed by atoms with Gasteiger partial charge in [-0.2, -0.15) is 0 Å². The third-order valence-corrected chi connectivity index (χ3v) is 3.77. The van der Waals surface area contributed by atoms with E-state index in [4.69, 9.17) is 4.74 Å². The van der Waals surface area contributed by atoms with Gasteiger partial charge in [0.25, 0.3) is 5.69 Å². The zero-order valence-corrected chi connectivity index (χ0v) is 13.9. The first-order valence-corrected chi connectivity index (χ1v) is 7.37. The van der Waals surface area contributed by atoms with Crippen LogP contribution in [0.1, 0.15) is 46.0 Å². The zero-order valence-electron chi connectivity index (χ0n) is 13.9. The van der Waals surface area contributed by atoms with Gasteiger partial charge in [-0.25, -0.2) is 0 Å². The minimum Gasteiger partial charge on any atom is -0.483 e. The molecule has 0 fully saturated rings. The van der Waals surface area contributed by atoms with Crippen molar-refractivity contribution < 1.29 is 19.2 Å². The molecular formula is C17H18N2O5. The lowest BCUT2D eigenvalue weighted by Crippen LogP contribution is -2.25. The summed E-state index contributed by atoms with van der Waals surface area (Å²) in [7, 11) is 0. The number of nitro groups is 1. The molecule has 1 atom stereocenters. The second-order valence-corrected chi connectivity index (χ2v) is 5.56. The highest BCUT2D eigenvalue weighted by atomic mass is 16.6. The fourth-order valence-electron chi connectivity index (χ4n) is 2.63. The molecule has 0 aliphatic heterocycles. The summed E-state index contributed by atoms with van der Waals surface area (Å²) in [6, 6.07) is 5.50. The van der Waals surface area contributed by atoms with E-state index in [9.17, 15) is 19.7 Å². The van der Waals surface area contributed by atoms with Crippen LogP contribution in [0.3, 0.4) is 0 Å². The van der Waals surface area contributed by atoms with Crippen molar-refractivity contribution >= 4 is 17.3 Å². The Morgan fingerprint density at radius 2 is 1.79 bits per heavy atom. The van der Waals surface area contributed by atoms with Crippen LogP contribution in [0.15, 0.2) is 24.3 Å². The number of nitrogens with zero attached hydrogens (tertiary/aromatic N) is 1. The predicted molar refractivity (Wildman–Crippen MR) is 87.8 cm³/mol. The molecule has 2 aromatic rings. The first kappa shape index (κ1) is 17.4. The van der Waals surface area contributed by atoms with E-state index in [2.05, 4.69) is 4.98 Å². The normalized spacial score (nSPS) is 11.8. The van der Waals surface area contributed by atoms with Crippen LogP contribution in [0, 0.1) is 24.0 Å². The van der Waals surface area contributed by atoms with Crippen LogP contribution in [0.2, 0.25) is 0 Å². The Morgan fingerprint density at radius 3 is 2.25 bits per heavy atom. The Labute approximate surface area is 138 Å². The molecule has 0 bridgehead atoms. The first-order valence-electron chi connectivity index (χ1n) is 7.37. The molecule has 7 nitrogen and oxygen atoms in total. The molecule has 24 heavy (non-hydrogen) atoms. The number of ether oxygens (including phenoxy) is 1. The average Bonchev–Trinajstić information content (AvgIpc) is 2.81. The van der Waals surface area contributed by atoms with Crippen LogP contribution in [-0.2, 0) is 0 Å². The van der Waals surface area contributed by atoms with Gasteiger partial charge in [0.15, 0.2) is 11.9 Å². The fraction of sp³-hybridized carbons (Fsp3) is 0.294. The van der Waals surface area contributed by atoms with Gasteiger partial charge < -0.3 is 9.72 Å². The van der Waals surface area contributed by atoms with E-state index in [1.54, 1.807) is 20.8 Å². The van der Waals surface area contributed by atoms with Crippen LogP contribution in [0.4, 0.5) is 5.69 Å². The van der Waals surface area contributed by atoms with E-state index in [1.165, 1.54) is 31.2 Å². The van der Waals surface area contributed by atoms with Crippen molar-refractivity contribution in [3.05, 3.63) is 56.9 Å². The van der Waals surface area contributed by atoms with Gasteiger partial charge in [0.1, 0.15) is 5.75 Å². The maximum absolute atomic E-state index is 12.6. The number of aromatic amines is 1. The van der Waals surface area contributed by atoms with Crippen LogP contribution < -0.4 is 4.74 Å². The number of carbonyl (C=O) groups excluding carboxylic acids is 2. The number of hydrogen-bond donors (Lipinski definition) is 1. The molecule has 0 unspecified atom stereocenters. The number of non-ortho nitro benzene ring substituents is 1. The number of nitrogens with one attached hydrogen (secondary N) is 1. The van der Waals surface area contributed by atoms with E-state index in [0.29, 0.717) is 28.3 Å². The molecule has 0 aliphatic carbocycles. The van der Waals surface area contributed by atoms with Crippen molar-refractivity contribution in [3.8, 4) is 5.75 Å². The number of aryl methyl sites for hydroxylation is 1. The molecule has 7 heteroatoms. The monoisotopic (exact) mass is 330 g/mol. The Hall–Kier alpha value is -2.96. The summed E-state index contributed by atoms with van der Waals surface area (Å²) in [6.07, 6.45) is -0.803. The van der Waals surface area contributed by atoms with Crippen molar-refractivity contribution in [2.45, 2.75) is 33.8 Å². The van der Waals surface area contributed by atoms with Crippen molar-refractivity contribution in [3.63, 3.8) is 0 Å². The molecule has 1 N–H and O–H groups in total. The Morgan fingerprint density at radius 1 is 1.21 bits per heavy atom. The molecule has 0 amide bonds. The Bertz CT molecular complexity index is 805. The minimum absolute atomic E-state index is 0.0525. The van der Waals surface area contributed by atoms with E-state index >= 15 is 0 Å². The van der Waals surface area contributed by atoms with Crippen LogP contribution >= 0.6 is 0 Å². The van der Waals surface area contributed by atoms with Crippen LogP contribution in [-0.4, -0.2) is 27.6 Å². The van der Waals surface area contributed by atoms with E-state index < -0.39 is 11.0 Å². The number of aromatic nitrogens is 1. The summed E-state index contributed by atoms with van der Waals surface area (Å²) in [5.41, 5.74) is 2.05. The maximum Gasteiger partial charge on any atom is 0.269 e. The molecule has 0 spiro atoms. The quantitative estimate of drug-likeness (QED) is 0.497. The van der Waals surface area contributed by atoms with Gasteiger partial charge in [0.2, 0.25) is 5.78 Å². The molecule has 0 saturated carbocycles. The first-order chi connectivity index (χ1) is 11.2. The van der Waals surface area contributed by atoms with E-state index in [-0.39, 0.29) is 17.3 Å². The number of ketones is 2. The number of carbonyl (C=O) groups is 2. The summed E-state index contributed by atoms with van der Waals surface area (Å²) >= 11 is 0. The molecule has 1 aromatic heterocycles. The number of Topliss-reactive ketones (excluding diaryl/α,β-unsaturated/α-hetero) is 2. The maximum atomic E-state index is 12.6. The molecular weight excluding hydrogens is 312 g/mol. The number of benzene rings is 1. The molecule has 0 aliphatic rings. The zero-order chi connectivity index (χ0) is 18.0. The summed E-state index contributed by atoms with van der Waals surface area (Å²) in [4.78, 5) is 37.3. The fourth-order valence-corrected chi connectivity index (χ4v) is 2.63. The number of H-pyrrole nitrogens is 1. The summed E-state index contributed by atoms with van der Waals surface area (Å²) in [5, 5.41) is 10.6. The SMILES string of the molecule is CC(=O)c1c(C)[nH]c(C(=O)[C@@H](C)Oc2ccc([N+](=O)[O-])cc2)c1C. The van der Waals surface area contributed by atoms with Crippen molar-refractivity contribution in [2.24, 2.45) is 0 Å². The summed E-state index contributed by atoms with van der Waals surface area (Å²) < 4.78 is 5.55. The third kappa shape index (κ3) is 3.34. The van der Waals surface area contributed by atoms with Crippen molar-refractivity contribution in [1.82, 2.24) is 4.98 Å². The molecule has 2 rings (SSSR count). The largest absolute Gasteiger partial charge is 0.483 e. The molecule has 1 aromatic carbocycles. The van der Waals surface area contributed by atoms with Crippen LogP contribution in [0.25, 0.3) is 0 Å². The smallest absolute Gasteiger partial charge is 0.269 e. The number of nitro benzene ring substituents is 1. The Kier molecular flexibility index (Phi) is 4.82. The summed E-state index contributed by atoms with van der Waals surface area (Å²) in [6.45, 7) is 6.50. The van der Waals surface area contributed by atoms with Gasteiger partial charge in [0.05, 0.1) is 10.6 Å². The van der Waals surface area contributed by atoms with Gasteiger partial charge in [0, 0.05) is 23.4 Å². The highest BCUT2D eigenvalue weighted by Gasteiger charge is 2.24. The minimum atomic E-state index is -0.803. The topological polar surface area (TPSA) is 102 Å². The summed E-state index contributed by atoms with van der Waals surface area (Å²) in [5.74, 6) is -0.0418. The standard InChI is InChI=1S/C17H18N2O5/c1-9-15(11(3)20)10(2)18-16(9)17(21)12(4)24-14-7-5-13(6-8-14)19(22)23/h5-8,12,18H,1-4H3/t12-/m1/s1. The van der Waals surface area contributed by atoms with Gasteiger partial charge in [-0.15, -0.1) is 0 Å². The van der Waals surface area contributed by atoms with Gasteiger partial charge >= 0.3 is 0 Å². The van der Waals surface area contributed by atoms with Gasteiger partial charge in [-0.05, 0) is 45.4 Å². The van der Waals surface area contributed by atoms with E-state index in [1.807, 2.05) is 0 Å². The number of hydrogen-bond acceptors (Lipinski definition) is 5. The van der Waals surface area contributed by atoms with E-state index in [0.717, 1.165) is 0 Å². The average molecular weight is 330 g/mol. The van der Waals surface area contributed by atoms with Gasteiger partial charge in [-0.1, -0.05) is 0 Å². The van der Waals surface area contributed by atoms with Gasteiger partial charge in [-0.3, -0.25) is 19.7 Å². The van der Waals surface area contributed by atoms with Crippen molar-refractivity contribution in [1.29, 1.82) is 0 Å². The van der Waals surface area contributed by atoms with Crippen molar-refractivity contribution in [2.75, 3.05) is 0 Å². The molecule has 0 saturated heterocycles. The lowest BCUT2D eigenvalue weighted by Gasteiger charge is -2.13. The highest BCUT2D eigenvalue weighted by molar-refractivity contribution is 6.04. The second kappa shape index (κ2) is 6.66. The molecule has 1 heterocycles. The Balaban J connectivity index is 2.19. The second-order valence-electron chi connectivity index (χ2n) is 5.56. The van der Waals surface area contributed by atoms with Crippen LogP contribution in [0.5, 0.6) is 5.75 Å². The highest BCUT2D eigenvalue weighted by Crippen LogP contribution is 2.22. The third-order valence-electron chi connectivity index (χ3n) is 3.77. The lowest BCUT2D eigenvalue weighted by molar-refractivity contribution is -0.384.